The molecule has 0 bridgehead atoms. The average molecular weight is 264 g/mol. The number of benzene rings is 1. The van der Waals surface area contributed by atoms with Crippen molar-refractivity contribution in [2.75, 3.05) is 0 Å². The van der Waals surface area contributed by atoms with Crippen LogP contribution in [-0.2, 0) is 6.61 Å². The van der Waals surface area contributed by atoms with E-state index in [0.29, 0.717) is 17.4 Å². The quantitative estimate of drug-likeness (QED) is 0.920. The summed E-state index contributed by atoms with van der Waals surface area (Å²) in [6, 6.07) is 9.22. The number of aliphatic hydroxyl groups excluding tert-OH is 1. The van der Waals surface area contributed by atoms with Crippen molar-refractivity contribution in [1.82, 2.24) is 4.98 Å². The number of para-hydroxylation sites is 1. The van der Waals surface area contributed by atoms with Gasteiger partial charge >= 0.3 is 0 Å². The van der Waals surface area contributed by atoms with Crippen molar-refractivity contribution in [2.45, 2.75) is 19.6 Å². The van der Waals surface area contributed by atoms with Crippen LogP contribution in [-0.4, -0.2) is 10.1 Å². The van der Waals surface area contributed by atoms with Crippen molar-refractivity contribution >= 4 is 11.6 Å². The van der Waals surface area contributed by atoms with E-state index in [2.05, 4.69) is 4.98 Å². The number of nitrogens with zero attached hydrogens (tertiary/aromatic N) is 1. The summed E-state index contributed by atoms with van der Waals surface area (Å²) >= 11 is 6.00. The molecule has 18 heavy (non-hydrogen) atoms. The van der Waals surface area contributed by atoms with Gasteiger partial charge in [0.25, 0.3) is 0 Å². The number of hydrogen-bond acceptors (Lipinski definition) is 3. The van der Waals surface area contributed by atoms with E-state index < -0.39 is 6.10 Å². The van der Waals surface area contributed by atoms with Crippen LogP contribution in [0.15, 0.2) is 42.7 Å². The van der Waals surface area contributed by atoms with Gasteiger partial charge in [-0.15, -0.1) is 0 Å². The first-order valence-corrected chi connectivity index (χ1v) is 6.04. The first-order chi connectivity index (χ1) is 8.68. The number of aliphatic hydroxyl groups is 1. The molecule has 2 aromatic rings. The number of ether oxygens (including phenoxy) is 1. The molecular formula is C14H14ClNO2. The van der Waals surface area contributed by atoms with E-state index in [-0.39, 0.29) is 0 Å². The number of rotatable bonds is 4. The van der Waals surface area contributed by atoms with Gasteiger partial charge in [-0.2, -0.15) is 0 Å². The van der Waals surface area contributed by atoms with Gasteiger partial charge in [0.15, 0.2) is 0 Å². The van der Waals surface area contributed by atoms with E-state index >= 15 is 0 Å². The fourth-order valence-corrected chi connectivity index (χ4v) is 1.81. The Bertz CT molecular complexity index is 529. The van der Waals surface area contributed by atoms with Gasteiger partial charge < -0.3 is 9.84 Å². The highest BCUT2D eigenvalue weighted by molar-refractivity contribution is 6.31. The smallest absolute Gasteiger partial charge is 0.125 e. The number of pyridine rings is 1. The Hall–Kier alpha value is -1.58. The molecule has 1 N–H and O–H groups in total. The molecular weight excluding hydrogens is 250 g/mol. The molecule has 0 fully saturated rings. The van der Waals surface area contributed by atoms with Gasteiger partial charge in [0.2, 0.25) is 0 Å². The van der Waals surface area contributed by atoms with Crippen LogP contribution < -0.4 is 4.74 Å². The topological polar surface area (TPSA) is 42.4 Å². The second-order valence-electron chi connectivity index (χ2n) is 3.97. The molecule has 0 aliphatic rings. The molecule has 1 aromatic heterocycles. The summed E-state index contributed by atoms with van der Waals surface area (Å²) in [6.45, 7) is 2.06. The molecule has 0 amide bonds. The highest BCUT2D eigenvalue weighted by atomic mass is 35.5. The third-order valence-corrected chi connectivity index (χ3v) is 2.95. The maximum Gasteiger partial charge on any atom is 0.125 e. The Morgan fingerprint density at radius 1 is 1.33 bits per heavy atom. The van der Waals surface area contributed by atoms with E-state index in [1.54, 1.807) is 19.3 Å². The van der Waals surface area contributed by atoms with Crippen LogP contribution >= 0.6 is 11.6 Å². The molecule has 0 radical (unpaired) electrons. The van der Waals surface area contributed by atoms with Gasteiger partial charge in [-0.1, -0.05) is 29.8 Å². The van der Waals surface area contributed by atoms with Crippen molar-refractivity contribution < 1.29 is 9.84 Å². The minimum atomic E-state index is -0.561. The lowest BCUT2D eigenvalue weighted by Crippen LogP contribution is -2.01. The molecule has 0 spiro atoms. The summed E-state index contributed by atoms with van der Waals surface area (Å²) in [6.07, 6.45) is 2.69. The van der Waals surface area contributed by atoms with Gasteiger partial charge in [0.1, 0.15) is 12.4 Å². The highest BCUT2D eigenvalue weighted by Gasteiger charge is 2.09. The molecule has 0 unspecified atom stereocenters. The first-order valence-electron chi connectivity index (χ1n) is 5.66. The third-order valence-electron chi connectivity index (χ3n) is 2.61. The maximum absolute atomic E-state index is 9.64. The Morgan fingerprint density at radius 3 is 2.83 bits per heavy atom. The Kier molecular flexibility index (Phi) is 4.18. The summed E-state index contributed by atoms with van der Waals surface area (Å²) in [5, 5.41) is 10.2. The Balaban J connectivity index is 2.14. The van der Waals surface area contributed by atoms with Crippen molar-refractivity contribution in [1.29, 1.82) is 0 Å². The van der Waals surface area contributed by atoms with E-state index in [4.69, 9.17) is 16.3 Å². The largest absolute Gasteiger partial charge is 0.488 e. The van der Waals surface area contributed by atoms with Crippen LogP contribution in [0.25, 0.3) is 0 Å². The van der Waals surface area contributed by atoms with Crippen molar-refractivity contribution in [3.63, 3.8) is 0 Å². The summed E-state index contributed by atoms with van der Waals surface area (Å²) in [7, 11) is 0. The molecule has 0 saturated carbocycles. The van der Waals surface area contributed by atoms with Gasteiger partial charge in [-0.3, -0.25) is 4.98 Å². The van der Waals surface area contributed by atoms with Gasteiger partial charge in [0.05, 0.1) is 11.1 Å². The monoisotopic (exact) mass is 263 g/mol. The van der Waals surface area contributed by atoms with Crippen molar-refractivity contribution in [3.05, 3.63) is 58.9 Å². The van der Waals surface area contributed by atoms with Crippen LogP contribution in [0.1, 0.15) is 24.2 Å². The van der Waals surface area contributed by atoms with Gasteiger partial charge in [-0.25, -0.2) is 0 Å². The summed E-state index contributed by atoms with van der Waals surface area (Å²) in [5.41, 5.74) is 1.63. The van der Waals surface area contributed by atoms with Crippen LogP contribution in [0, 0.1) is 0 Å². The lowest BCUT2D eigenvalue weighted by atomic mass is 10.1. The number of aromatic nitrogens is 1. The van der Waals surface area contributed by atoms with Crippen molar-refractivity contribution in [3.8, 4) is 5.75 Å². The minimum absolute atomic E-state index is 0.352. The molecule has 3 nitrogen and oxygen atoms in total. The summed E-state index contributed by atoms with van der Waals surface area (Å²) < 4.78 is 5.69. The molecule has 0 aliphatic carbocycles. The number of hydrogen-bond donors (Lipinski definition) is 1. The Morgan fingerprint density at radius 2 is 2.11 bits per heavy atom. The zero-order valence-corrected chi connectivity index (χ0v) is 10.8. The molecule has 4 heteroatoms. The van der Waals surface area contributed by atoms with Gasteiger partial charge in [-0.05, 0) is 19.1 Å². The predicted octanol–water partition coefficient (Wildman–Crippen LogP) is 3.37. The fraction of sp³-hybridized carbons (Fsp3) is 0.214. The molecule has 1 atom stereocenters. The van der Waals surface area contributed by atoms with Crippen LogP contribution in [0.4, 0.5) is 0 Å². The van der Waals surface area contributed by atoms with E-state index in [0.717, 1.165) is 11.1 Å². The maximum atomic E-state index is 9.64. The minimum Gasteiger partial charge on any atom is -0.488 e. The average Bonchev–Trinajstić information content (AvgIpc) is 2.38. The fourth-order valence-electron chi connectivity index (χ4n) is 1.63. The summed E-state index contributed by atoms with van der Waals surface area (Å²) in [5.74, 6) is 0.667. The summed E-state index contributed by atoms with van der Waals surface area (Å²) in [4.78, 5) is 3.92. The van der Waals surface area contributed by atoms with E-state index in [1.165, 1.54) is 0 Å². The Labute approximate surface area is 111 Å². The van der Waals surface area contributed by atoms with Crippen LogP contribution in [0.3, 0.4) is 0 Å². The normalized spacial score (nSPS) is 12.2. The van der Waals surface area contributed by atoms with E-state index in [9.17, 15) is 5.11 Å². The molecule has 94 valence electrons. The second kappa shape index (κ2) is 5.85. The lowest BCUT2D eigenvalue weighted by molar-refractivity contribution is 0.190. The SMILES string of the molecule is C[C@H](O)c1ccccc1OCc1ccncc1Cl. The molecule has 0 saturated heterocycles. The molecule has 0 aliphatic heterocycles. The third kappa shape index (κ3) is 3.00. The molecule has 2 rings (SSSR count). The molecule has 1 heterocycles. The van der Waals surface area contributed by atoms with E-state index in [1.807, 2.05) is 30.3 Å². The first kappa shape index (κ1) is 12.9. The zero-order valence-electron chi connectivity index (χ0n) is 10.0. The van der Waals surface area contributed by atoms with Crippen molar-refractivity contribution in [2.24, 2.45) is 0 Å². The molecule has 1 aromatic carbocycles. The second-order valence-corrected chi connectivity index (χ2v) is 4.38. The standard InChI is InChI=1S/C14H14ClNO2/c1-10(17)12-4-2-3-5-14(12)18-9-11-6-7-16-8-13(11)15/h2-8,10,17H,9H2,1H3/t10-/m0/s1. The lowest BCUT2D eigenvalue weighted by Gasteiger charge is -2.13. The predicted molar refractivity (Wildman–Crippen MR) is 70.7 cm³/mol. The van der Waals surface area contributed by atoms with Gasteiger partial charge in [0, 0.05) is 23.5 Å². The van der Waals surface area contributed by atoms with Crippen LogP contribution in [0.5, 0.6) is 5.75 Å². The zero-order chi connectivity index (χ0) is 13.0. The highest BCUT2D eigenvalue weighted by Crippen LogP contribution is 2.26. The van der Waals surface area contributed by atoms with Crippen LogP contribution in [0.2, 0.25) is 5.02 Å². The number of halogens is 1.